The molecule has 210 valence electrons. The Morgan fingerprint density at radius 1 is 1.29 bits per heavy atom. The van der Waals surface area contributed by atoms with E-state index >= 15 is 0 Å². The maximum atomic E-state index is 13.4. The van der Waals surface area contributed by atoms with Crippen LogP contribution in [0.25, 0.3) is 0 Å². The lowest BCUT2D eigenvalue weighted by Crippen LogP contribution is -2.75. The lowest BCUT2D eigenvalue weighted by molar-refractivity contribution is -0.173. The SMILES string of the molecule is CN=CN=C(N)c1cc(NC)c(F)cc1C(F)(F)F.COCC(=O)NNC(=O)C12CC(C)CC(C1)N2C=O. The number of rotatable bonds is 7. The van der Waals surface area contributed by atoms with Crippen molar-refractivity contribution < 1.29 is 36.7 Å². The molecule has 3 fully saturated rings. The van der Waals surface area contributed by atoms with Gasteiger partial charge in [-0.15, -0.1) is 0 Å². The first-order chi connectivity index (χ1) is 17.8. The molecule has 3 atom stereocenters. The highest BCUT2D eigenvalue weighted by molar-refractivity contribution is 6.03. The van der Waals surface area contributed by atoms with Gasteiger partial charge < -0.3 is 20.7 Å². The lowest BCUT2D eigenvalue weighted by Gasteiger charge is -2.60. The third-order valence-corrected chi connectivity index (χ3v) is 6.22. The number of methoxy groups -OCH3 is 1. The maximum absolute atomic E-state index is 13.4. The Hall–Kier alpha value is -3.75. The van der Waals surface area contributed by atoms with Gasteiger partial charge in [-0.2, -0.15) is 13.2 Å². The molecule has 1 aliphatic carbocycles. The Bertz CT molecular complexity index is 1100. The van der Waals surface area contributed by atoms with Crippen LogP contribution in [0.4, 0.5) is 23.2 Å². The fourth-order valence-electron chi connectivity index (χ4n) is 4.64. The number of nitrogens with one attached hydrogen (secondary N) is 3. The Morgan fingerprint density at radius 3 is 2.53 bits per heavy atom. The number of hydrogen-bond donors (Lipinski definition) is 4. The smallest absolute Gasteiger partial charge is 0.386 e. The molecule has 2 aliphatic heterocycles. The predicted octanol–water partition coefficient (Wildman–Crippen LogP) is 1.43. The number of nitrogens with two attached hydrogens (primary N) is 1. The Kier molecular flexibility index (Phi) is 10.2. The van der Waals surface area contributed by atoms with Crippen LogP contribution in [-0.2, 0) is 25.3 Å². The molecule has 3 aliphatic rings. The van der Waals surface area contributed by atoms with E-state index in [1.165, 1.54) is 21.2 Å². The molecule has 1 aromatic carbocycles. The van der Waals surface area contributed by atoms with Gasteiger partial charge in [0.05, 0.1) is 11.3 Å². The highest BCUT2D eigenvalue weighted by Gasteiger charge is 2.60. The summed E-state index contributed by atoms with van der Waals surface area (Å²) in [4.78, 5) is 43.1. The first-order valence-corrected chi connectivity index (χ1v) is 11.5. The molecular weight excluding hydrogens is 514 g/mol. The van der Waals surface area contributed by atoms with Crippen LogP contribution in [0.5, 0.6) is 0 Å². The van der Waals surface area contributed by atoms with Crippen LogP contribution < -0.4 is 21.9 Å². The van der Waals surface area contributed by atoms with Gasteiger partial charge in [-0.05, 0) is 30.9 Å². The number of ether oxygens (including phenoxy) is 1. The Balaban J connectivity index is 0.000000267. The van der Waals surface area contributed by atoms with Crippen molar-refractivity contribution in [2.75, 3.05) is 33.1 Å². The summed E-state index contributed by atoms with van der Waals surface area (Å²) in [5.41, 5.74) is 7.65. The highest BCUT2D eigenvalue weighted by atomic mass is 19.4. The quantitative estimate of drug-likeness (QED) is 0.134. The zero-order chi connectivity index (χ0) is 28.7. The molecule has 5 N–H and O–H groups in total. The summed E-state index contributed by atoms with van der Waals surface area (Å²) in [5.74, 6) is -1.77. The van der Waals surface area contributed by atoms with Crippen LogP contribution >= 0.6 is 0 Å². The molecule has 2 bridgehead atoms. The van der Waals surface area contributed by atoms with Crippen molar-refractivity contribution in [3.8, 4) is 0 Å². The first kappa shape index (κ1) is 30.5. The van der Waals surface area contributed by atoms with E-state index in [4.69, 9.17) is 5.73 Å². The molecule has 2 saturated heterocycles. The second kappa shape index (κ2) is 12.7. The van der Waals surface area contributed by atoms with Crippen molar-refractivity contribution in [3.63, 3.8) is 0 Å². The Morgan fingerprint density at radius 2 is 1.97 bits per heavy atom. The molecule has 0 radical (unpaired) electrons. The summed E-state index contributed by atoms with van der Waals surface area (Å²) >= 11 is 0. The standard InChI is InChI=1S/C12H19N3O4.C11H12F4N4/c1-8-3-9-5-12(4-8,15(9)7-16)11(18)14-13-10(17)6-19-2;1-17-5-19-10(16)6-3-9(18-2)8(12)4-7(6)11(13,14)15/h7-9H,3-6H2,1-2H3,(H,13,17)(H,14,18);3-5,18H,1-2H3,(H2,16,17,19). The van der Waals surface area contributed by atoms with Crippen molar-refractivity contribution in [3.05, 3.63) is 29.1 Å². The number of halogens is 4. The minimum Gasteiger partial charge on any atom is -0.386 e. The van der Waals surface area contributed by atoms with Crippen molar-refractivity contribution >= 4 is 36.1 Å². The number of hydrogen-bond acceptors (Lipinski definition) is 6. The number of carbonyl (C=O) groups is 3. The summed E-state index contributed by atoms with van der Waals surface area (Å²) in [6, 6.07) is 1.49. The summed E-state index contributed by atoms with van der Waals surface area (Å²) < 4.78 is 56.5. The number of nitrogens with zero attached hydrogens (tertiary/aromatic N) is 3. The number of aliphatic imine (C=N–C) groups is 2. The summed E-state index contributed by atoms with van der Waals surface area (Å²) in [5, 5.41) is 2.44. The van der Waals surface area contributed by atoms with Gasteiger partial charge in [0.15, 0.2) is 0 Å². The second-order valence-electron chi connectivity index (χ2n) is 8.90. The molecule has 15 heteroatoms. The molecular formula is C23H31F4N7O4. The number of amidine groups is 1. The molecule has 11 nitrogen and oxygen atoms in total. The van der Waals surface area contributed by atoms with E-state index in [0.717, 1.165) is 25.2 Å². The molecule has 0 aromatic heterocycles. The number of benzene rings is 1. The van der Waals surface area contributed by atoms with E-state index in [2.05, 4.69) is 37.8 Å². The molecule has 0 spiro atoms. The number of fused-ring (bicyclic) bond motifs is 2. The van der Waals surface area contributed by atoms with E-state index in [1.54, 1.807) is 4.90 Å². The largest absolute Gasteiger partial charge is 0.417 e. The third-order valence-electron chi connectivity index (χ3n) is 6.22. The number of carbonyl (C=O) groups excluding carboxylic acids is 3. The van der Waals surface area contributed by atoms with Gasteiger partial charge in [0.2, 0.25) is 6.41 Å². The Labute approximate surface area is 216 Å². The average molecular weight is 546 g/mol. The van der Waals surface area contributed by atoms with Gasteiger partial charge in [-0.3, -0.25) is 30.2 Å². The fourth-order valence-corrected chi connectivity index (χ4v) is 4.64. The van der Waals surface area contributed by atoms with Crippen LogP contribution in [0.1, 0.15) is 37.3 Å². The van der Waals surface area contributed by atoms with Gasteiger partial charge in [0.1, 0.15) is 30.1 Å². The summed E-state index contributed by atoms with van der Waals surface area (Å²) in [6.45, 7) is 1.95. The normalized spacial score (nSPS) is 22.6. The van der Waals surface area contributed by atoms with E-state index in [1.807, 2.05) is 0 Å². The van der Waals surface area contributed by atoms with E-state index < -0.39 is 40.4 Å². The summed E-state index contributed by atoms with van der Waals surface area (Å²) in [6.07, 6.45) is -0.749. The van der Waals surface area contributed by atoms with Crippen molar-refractivity contribution in [2.24, 2.45) is 21.6 Å². The van der Waals surface area contributed by atoms with Gasteiger partial charge in [-0.25, -0.2) is 9.38 Å². The van der Waals surface area contributed by atoms with Crippen LogP contribution in [0.3, 0.4) is 0 Å². The molecule has 38 heavy (non-hydrogen) atoms. The molecule has 3 unspecified atom stereocenters. The number of hydrazine groups is 1. The van der Waals surface area contributed by atoms with E-state index in [-0.39, 0.29) is 24.2 Å². The van der Waals surface area contributed by atoms with Crippen LogP contribution in [-0.4, -0.2) is 74.7 Å². The number of piperidine rings is 1. The van der Waals surface area contributed by atoms with Crippen LogP contribution in [0.15, 0.2) is 22.1 Å². The highest BCUT2D eigenvalue weighted by Crippen LogP contribution is 2.48. The van der Waals surface area contributed by atoms with Crippen molar-refractivity contribution in [2.45, 2.75) is 43.9 Å². The zero-order valence-corrected chi connectivity index (χ0v) is 21.4. The monoisotopic (exact) mass is 545 g/mol. The predicted molar refractivity (Wildman–Crippen MR) is 132 cm³/mol. The summed E-state index contributed by atoms with van der Waals surface area (Å²) in [7, 11) is 4.18. The van der Waals surface area contributed by atoms with Gasteiger partial charge in [0, 0.05) is 39.2 Å². The number of anilines is 1. The van der Waals surface area contributed by atoms with Gasteiger partial charge in [-0.1, -0.05) is 6.92 Å². The molecule has 1 aromatic rings. The molecule has 1 saturated carbocycles. The number of amides is 3. The van der Waals surface area contributed by atoms with Crippen molar-refractivity contribution in [1.29, 1.82) is 0 Å². The molecule has 3 amide bonds. The third kappa shape index (κ3) is 6.76. The molecule has 4 rings (SSSR count). The maximum Gasteiger partial charge on any atom is 0.417 e. The van der Waals surface area contributed by atoms with Gasteiger partial charge >= 0.3 is 6.18 Å². The second-order valence-corrected chi connectivity index (χ2v) is 8.90. The van der Waals surface area contributed by atoms with Gasteiger partial charge in [0.25, 0.3) is 11.8 Å². The van der Waals surface area contributed by atoms with Crippen molar-refractivity contribution in [1.82, 2.24) is 15.8 Å². The average Bonchev–Trinajstić information content (AvgIpc) is 2.85. The lowest BCUT2D eigenvalue weighted by atomic mass is 9.64. The zero-order valence-electron chi connectivity index (χ0n) is 21.4. The van der Waals surface area contributed by atoms with Crippen LogP contribution in [0.2, 0.25) is 0 Å². The number of alkyl halides is 3. The minimum absolute atomic E-state index is 0.102. The van der Waals surface area contributed by atoms with E-state index in [9.17, 15) is 31.9 Å². The molecule has 2 heterocycles. The first-order valence-electron chi connectivity index (χ1n) is 11.5. The minimum atomic E-state index is -4.73. The fraction of sp³-hybridized carbons (Fsp3) is 0.522. The van der Waals surface area contributed by atoms with Crippen LogP contribution in [0, 0.1) is 11.7 Å². The topological polar surface area (TPSA) is 151 Å². The van der Waals surface area contributed by atoms with E-state index in [0.29, 0.717) is 24.8 Å².